The van der Waals surface area contributed by atoms with Crippen LogP contribution in [0.3, 0.4) is 0 Å². The number of rotatable bonds is 2. The fraction of sp³-hybridized carbons (Fsp3) is 1.00. The molecule has 2 unspecified atom stereocenters. The Morgan fingerprint density at radius 2 is 2.27 bits per heavy atom. The second-order valence-electron chi connectivity index (χ2n) is 3.80. The van der Waals surface area contributed by atoms with Gasteiger partial charge in [0.25, 0.3) is 0 Å². The highest BCUT2D eigenvalue weighted by atomic mass is 15.1. The minimum absolute atomic E-state index is 0.764. The van der Waals surface area contributed by atoms with Gasteiger partial charge >= 0.3 is 0 Å². The van der Waals surface area contributed by atoms with Gasteiger partial charge < -0.3 is 10.6 Å². The Bertz CT molecular complexity index is 114. The third-order valence-corrected chi connectivity index (χ3v) is 2.89. The van der Waals surface area contributed by atoms with Gasteiger partial charge in [-0.15, -0.1) is 0 Å². The summed E-state index contributed by atoms with van der Waals surface area (Å²) >= 11 is 0. The topological polar surface area (TPSA) is 29.3 Å². The molecule has 1 aliphatic heterocycles. The van der Waals surface area contributed by atoms with Crippen LogP contribution in [0.1, 0.15) is 26.2 Å². The van der Waals surface area contributed by atoms with Gasteiger partial charge in [0.05, 0.1) is 0 Å². The van der Waals surface area contributed by atoms with Crippen molar-refractivity contribution < 1.29 is 0 Å². The fourth-order valence-corrected chi connectivity index (χ4v) is 1.88. The molecular weight excluding hydrogens is 136 g/mol. The molecule has 2 nitrogen and oxygen atoms in total. The average Bonchev–Trinajstić information content (AvgIpc) is 1.98. The summed E-state index contributed by atoms with van der Waals surface area (Å²) in [5.74, 6) is 0.895. The number of piperidine rings is 1. The molecule has 0 aliphatic carbocycles. The van der Waals surface area contributed by atoms with Crippen molar-refractivity contribution in [1.29, 1.82) is 0 Å². The Labute approximate surface area is 69.8 Å². The van der Waals surface area contributed by atoms with E-state index in [0.717, 1.165) is 18.5 Å². The van der Waals surface area contributed by atoms with E-state index in [1.54, 1.807) is 0 Å². The van der Waals surface area contributed by atoms with E-state index in [9.17, 15) is 0 Å². The summed E-state index contributed by atoms with van der Waals surface area (Å²) in [5, 5.41) is 0. The second-order valence-corrected chi connectivity index (χ2v) is 3.80. The molecule has 0 spiro atoms. The lowest BCUT2D eigenvalue weighted by molar-refractivity contribution is 0.150. The molecule has 0 aromatic rings. The highest BCUT2D eigenvalue weighted by Crippen LogP contribution is 2.23. The average molecular weight is 156 g/mol. The molecule has 11 heavy (non-hydrogen) atoms. The van der Waals surface area contributed by atoms with Crippen LogP contribution in [0.4, 0.5) is 0 Å². The summed E-state index contributed by atoms with van der Waals surface area (Å²) in [6.07, 6.45) is 3.91. The molecule has 0 aromatic carbocycles. The first kappa shape index (κ1) is 9.01. The van der Waals surface area contributed by atoms with Crippen molar-refractivity contribution in [1.82, 2.24) is 4.90 Å². The minimum atomic E-state index is 0.764. The zero-order chi connectivity index (χ0) is 8.27. The molecule has 1 fully saturated rings. The van der Waals surface area contributed by atoms with Gasteiger partial charge in [-0.2, -0.15) is 0 Å². The molecule has 0 bridgehead atoms. The first-order chi connectivity index (χ1) is 5.24. The Balaban J connectivity index is 2.28. The van der Waals surface area contributed by atoms with E-state index in [1.807, 2.05) is 0 Å². The standard InChI is InChI=1S/C9H20N2/c1-8-7-9(3-5-10)4-6-11(8)2/h8-9H,3-7,10H2,1-2H3. The van der Waals surface area contributed by atoms with E-state index in [4.69, 9.17) is 5.73 Å². The molecule has 66 valence electrons. The zero-order valence-electron chi connectivity index (χ0n) is 7.71. The predicted octanol–water partition coefficient (Wildman–Crippen LogP) is 1.07. The molecule has 0 radical (unpaired) electrons. The van der Waals surface area contributed by atoms with E-state index in [1.165, 1.54) is 25.8 Å². The summed E-state index contributed by atoms with van der Waals surface area (Å²) in [5.41, 5.74) is 5.53. The normalized spacial score (nSPS) is 34.1. The summed E-state index contributed by atoms with van der Waals surface area (Å²) in [4.78, 5) is 2.44. The number of likely N-dealkylation sites (tertiary alicyclic amines) is 1. The molecule has 2 atom stereocenters. The Morgan fingerprint density at radius 3 is 2.82 bits per heavy atom. The zero-order valence-corrected chi connectivity index (χ0v) is 7.71. The number of hydrogen-bond donors (Lipinski definition) is 1. The summed E-state index contributed by atoms with van der Waals surface area (Å²) in [7, 11) is 2.21. The number of nitrogens with two attached hydrogens (primary N) is 1. The highest BCUT2D eigenvalue weighted by molar-refractivity contribution is 4.76. The number of nitrogens with zero attached hydrogens (tertiary/aromatic N) is 1. The van der Waals surface area contributed by atoms with Crippen LogP contribution in [-0.4, -0.2) is 31.1 Å². The first-order valence-corrected chi connectivity index (χ1v) is 4.64. The second kappa shape index (κ2) is 4.07. The maximum absolute atomic E-state index is 5.53. The van der Waals surface area contributed by atoms with E-state index in [2.05, 4.69) is 18.9 Å². The number of hydrogen-bond acceptors (Lipinski definition) is 2. The Hall–Kier alpha value is -0.0800. The lowest BCUT2D eigenvalue weighted by Crippen LogP contribution is -2.38. The molecule has 0 aromatic heterocycles. The fourth-order valence-electron chi connectivity index (χ4n) is 1.88. The van der Waals surface area contributed by atoms with Gasteiger partial charge in [0, 0.05) is 6.04 Å². The van der Waals surface area contributed by atoms with Crippen LogP contribution in [0.25, 0.3) is 0 Å². The molecule has 2 heteroatoms. The van der Waals surface area contributed by atoms with Gasteiger partial charge in [0.1, 0.15) is 0 Å². The van der Waals surface area contributed by atoms with E-state index in [0.29, 0.717) is 0 Å². The molecule has 2 N–H and O–H groups in total. The summed E-state index contributed by atoms with van der Waals surface area (Å²) < 4.78 is 0. The summed E-state index contributed by atoms with van der Waals surface area (Å²) in [6, 6.07) is 0.764. The highest BCUT2D eigenvalue weighted by Gasteiger charge is 2.21. The van der Waals surface area contributed by atoms with Gasteiger partial charge in [-0.1, -0.05) is 0 Å². The van der Waals surface area contributed by atoms with Crippen LogP contribution in [-0.2, 0) is 0 Å². The van der Waals surface area contributed by atoms with Gasteiger partial charge in [0.2, 0.25) is 0 Å². The van der Waals surface area contributed by atoms with Crippen LogP contribution in [0, 0.1) is 5.92 Å². The molecule has 0 saturated carbocycles. The largest absolute Gasteiger partial charge is 0.330 e. The van der Waals surface area contributed by atoms with Gasteiger partial charge in [0.15, 0.2) is 0 Å². The molecule has 1 aliphatic rings. The van der Waals surface area contributed by atoms with Gasteiger partial charge in [-0.3, -0.25) is 0 Å². The monoisotopic (exact) mass is 156 g/mol. The van der Waals surface area contributed by atoms with Crippen molar-refractivity contribution in [2.24, 2.45) is 11.7 Å². The molecule has 1 saturated heterocycles. The van der Waals surface area contributed by atoms with Gasteiger partial charge in [-0.25, -0.2) is 0 Å². The van der Waals surface area contributed by atoms with Gasteiger partial charge in [-0.05, 0) is 52.2 Å². The van der Waals surface area contributed by atoms with Crippen molar-refractivity contribution in [3.63, 3.8) is 0 Å². The molecule has 1 rings (SSSR count). The Kier molecular flexibility index (Phi) is 3.34. The van der Waals surface area contributed by atoms with Crippen molar-refractivity contribution in [3.8, 4) is 0 Å². The maximum Gasteiger partial charge on any atom is 0.00665 e. The smallest absolute Gasteiger partial charge is 0.00665 e. The SMILES string of the molecule is CC1CC(CCN)CCN1C. The Morgan fingerprint density at radius 1 is 1.55 bits per heavy atom. The predicted molar refractivity (Wildman–Crippen MR) is 48.5 cm³/mol. The lowest BCUT2D eigenvalue weighted by Gasteiger charge is -2.34. The lowest BCUT2D eigenvalue weighted by atomic mass is 9.89. The van der Waals surface area contributed by atoms with Crippen molar-refractivity contribution in [3.05, 3.63) is 0 Å². The van der Waals surface area contributed by atoms with E-state index >= 15 is 0 Å². The maximum atomic E-state index is 5.53. The van der Waals surface area contributed by atoms with Crippen molar-refractivity contribution in [2.45, 2.75) is 32.2 Å². The van der Waals surface area contributed by atoms with E-state index in [-0.39, 0.29) is 0 Å². The third kappa shape index (κ3) is 2.46. The van der Waals surface area contributed by atoms with Crippen LogP contribution < -0.4 is 5.73 Å². The first-order valence-electron chi connectivity index (χ1n) is 4.64. The van der Waals surface area contributed by atoms with Crippen LogP contribution in [0.2, 0.25) is 0 Å². The third-order valence-electron chi connectivity index (χ3n) is 2.89. The van der Waals surface area contributed by atoms with E-state index < -0.39 is 0 Å². The minimum Gasteiger partial charge on any atom is -0.330 e. The van der Waals surface area contributed by atoms with Crippen LogP contribution in [0.5, 0.6) is 0 Å². The molecule has 0 amide bonds. The van der Waals surface area contributed by atoms with Crippen molar-refractivity contribution in [2.75, 3.05) is 20.1 Å². The van der Waals surface area contributed by atoms with Crippen molar-refractivity contribution >= 4 is 0 Å². The van der Waals surface area contributed by atoms with Crippen LogP contribution in [0.15, 0.2) is 0 Å². The quantitative estimate of drug-likeness (QED) is 0.648. The van der Waals surface area contributed by atoms with Crippen LogP contribution >= 0.6 is 0 Å². The molecular formula is C9H20N2. The molecule has 1 heterocycles. The summed E-state index contributed by atoms with van der Waals surface area (Å²) in [6.45, 7) is 4.43.